The van der Waals surface area contributed by atoms with E-state index in [-0.39, 0.29) is 18.2 Å². The maximum Gasteiger partial charge on any atom is 0.220 e. The van der Waals surface area contributed by atoms with E-state index in [1.54, 1.807) is 4.31 Å². The van der Waals surface area contributed by atoms with Crippen LogP contribution in [0.2, 0.25) is 0 Å². The molecule has 0 bridgehead atoms. The first kappa shape index (κ1) is 22.2. The van der Waals surface area contributed by atoms with Crippen LogP contribution in [0.4, 0.5) is 0 Å². The van der Waals surface area contributed by atoms with E-state index in [4.69, 9.17) is 0 Å². The van der Waals surface area contributed by atoms with Gasteiger partial charge in [-0.25, -0.2) is 8.42 Å². The molecule has 0 spiro atoms. The minimum atomic E-state index is -3.31. The van der Waals surface area contributed by atoms with E-state index in [1.807, 2.05) is 18.2 Å². The molecule has 0 atom stereocenters. The summed E-state index contributed by atoms with van der Waals surface area (Å²) in [6.45, 7) is 3.76. The van der Waals surface area contributed by atoms with Crippen molar-refractivity contribution in [3.8, 4) is 0 Å². The van der Waals surface area contributed by atoms with E-state index in [9.17, 15) is 13.2 Å². The molecule has 0 aromatic heterocycles. The van der Waals surface area contributed by atoms with Gasteiger partial charge < -0.3 is 10.2 Å². The van der Waals surface area contributed by atoms with Gasteiger partial charge in [0.2, 0.25) is 15.9 Å². The molecule has 1 saturated carbocycles. The summed E-state index contributed by atoms with van der Waals surface area (Å²) in [5, 5.41) is 2.79. The average Bonchev–Trinajstić information content (AvgIpc) is 3.25. The van der Waals surface area contributed by atoms with Crippen molar-refractivity contribution in [2.75, 3.05) is 45.0 Å². The summed E-state index contributed by atoms with van der Waals surface area (Å²) in [6, 6.07) is 10.4. The van der Waals surface area contributed by atoms with E-state index >= 15 is 0 Å². The zero-order valence-electron chi connectivity index (χ0n) is 17.4. The molecular formula is C22H35N3O3S. The van der Waals surface area contributed by atoms with Crippen LogP contribution in [-0.2, 0) is 21.2 Å². The van der Waals surface area contributed by atoms with Gasteiger partial charge in [-0.1, -0.05) is 56.0 Å². The van der Waals surface area contributed by atoms with Crippen LogP contribution in [0.5, 0.6) is 0 Å². The summed E-state index contributed by atoms with van der Waals surface area (Å²) < 4.78 is 26.7. The number of rotatable bonds is 10. The summed E-state index contributed by atoms with van der Waals surface area (Å²) in [4.78, 5) is 14.3. The second-order valence-corrected chi connectivity index (χ2v) is 10.4. The molecule has 1 saturated heterocycles. The topological polar surface area (TPSA) is 69.7 Å². The molecule has 1 aromatic carbocycles. The summed E-state index contributed by atoms with van der Waals surface area (Å²) in [7, 11) is -3.31. The monoisotopic (exact) mass is 421 g/mol. The Hall–Kier alpha value is -1.44. The molecule has 1 aliphatic heterocycles. The van der Waals surface area contributed by atoms with Crippen LogP contribution >= 0.6 is 0 Å². The molecule has 1 heterocycles. The van der Waals surface area contributed by atoms with Crippen molar-refractivity contribution in [1.82, 2.24) is 14.5 Å². The Labute approximate surface area is 175 Å². The quantitative estimate of drug-likeness (QED) is 0.629. The molecule has 0 radical (unpaired) electrons. The Bertz CT molecular complexity index is 725. The van der Waals surface area contributed by atoms with E-state index < -0.39 is 10.0 Å². The number of carbonyl (C=O) groups excluding carboxylic acids is 1. The minimum absolute atomic E-state index is 0.00775. The molecule has 1 amide bonds. The lowest BCUT2D eigenvalue weighted by atomic mass is 10.0. The Morgan fingerprint density at radius 3 is 2.41 bits per heavy atom. The predicted molar refractivity (Wildman–Crippen MR) is 116 cm³/mol. The highest BCUT2D eigenvalue weighted by molar-refractivity contribution is 7.89. The molecule has 3 rings (SSSR count). The third-order valence-electron chi connectivity index (χ3n) is 6.22. The molecular weight excluding hydrogens is 386 g/mol. The molecule has 1 aliphatic carbocycles. The fourth-order valence-electron chi connectivity index (χ4n) is 4.33. The Morgan fingerprint density at radius 1 is 1.03 bits per heavy atom. The first-order chi connectivity index (χ1) is 14.0. The number of carbonyl (C=O) groups is 1. The van der Waals surface area contributed by atoms with Gasteiger partial charge in [0.05, 0.1) is 5.75 Å². The highest BCUT2D eigenvalue weighted by atomic mass is 32.2. The lowest BCUT2D eigenvalue weighted by molar-refractivity contribution is -0.121. The standard InChI is InChI=1S/C22H35N3O3S/c26-22(11-10-20-8-4-5-9-20)23-13-19-29(27,28)25-17-15-24(16-18-25)14-12-21-6-2-1-3-7-21/h1-3,6-7,20H,4-5,8-19H2,(H,23,26). The molecule has 6 nitrogen and oxygen atoms in total. The van der Waals surface area contributed by atoms with Crippen LogP contribution in [0.1, 0.15) is 44.1 Å². The third kappa shape index (κ3) is 7.39. The van der Waals surface area contributed by atoms with Crippen LogP contribution < -0.4 is 5.32 Å². The number of sulfonamides is 1. The first-order valence-corrected chi connectivity index (χ1v) is 12.6. The number of nitrogens with one attached hydrogen (secondary N) is 1. The number of piperazine rings is 1. The number of amides is 1. The maximum absolute atomic E-state index is 12.6. The lowest BCUT2D eigenvalue weighted by Crippen LogP contribution is -2.50. The van der Waals surface area contributed by atoms with Crippen LogP contribution in [0.25, 0.3) is 0 Å². The molecule has 7 heteroatoms. The minimum Gasteiger partial charge on any atom is -0.355 e. The van der Waals surface area contributed by atoms with E-state index in [0.717, 1.165) is 32.5 Å². The largest absolute Gasteiger partial charge is 0.355 e. The zero-order valence-corrected chi connectivity index (χ0v) is 18.2. The molecule has 162 valence electrons. The van der Waals surface area contributed by atoms with E-state index in [2.05, 4.69) is 22.3 Å². The van der Waals surface area contributed by atoms with Crippen LogP contribution in [0.15, 0.2) is 30.3 Å². The van der Waals surface area contributed by atoms with Crippen molar-refractivity contribution in [1.29, 1.82) is 0 Å². The van der Waals surface area contributed by atoms with Gasteiger partial charge in [0.25, 0.3) is 0 Å². The second kappa shape index (κ2) is 11.1. The van der Waals surface area contributed by atoms with Crippen LogP contribution in [0, 0.1) is 5.92 Å². The van der Waals surface area contributed by atoms with Crippen LogP contribution in [0.3, 0.4) is 0 Å². The Kier molecular flexibility index (Phi) is 8.51. The molecule has 1 aromatic rings. The number of benzene rings is 1. The lowest BCUT2D eigenvalue weighted by Gasteiger charge is -2.34. The highest BCUT2D eigenvalue weighted by Crippen LogP contribution is 2.28. The number of nitrogens with zero attached hydrogens (tertiary/aromatic N) is 2. The Balaban J connectivity index is 1.31. The second-order valence-electron chi connectivity index (χ2n) is 8.33. The van der Waals surface area contributed by atoms with E-state index in [1.165, 1.54) is 31.2 Å². The average molecular weight is 422 g/mol. The SMILES string of the molecule is O=C(CCC1CCCC1)NCCS(=O)(=O)N1CCN(CCc2ccccc2)CC1. The van der Waals surface area contributed by atoms with Gasteiger partial charge in [-0.2, -0.15) is 4.31 Å². The van der Waals surface area contributed by atoms with Crippen molar-refractivity contribution in [2.24, 2.45) is 5.92 Å². The van der Waals surface area contributed by atoms with Crippen molar-refractivity contribution >= 4 is 15.9 Å². The van der Waals surface area contributed by atoms with Gasteiger partial charge in [0, 0.05) is 45.7 Å². The summed E-state index contributed by atoms with van der Waals surface area (Å²) in [6.07, 6.45) is 7.47. The smallest absolute Gasteiger partial charge is 0.220 e. The normalized spacial score (nSPS) is 19.4. The van der Waals surface area contributed by atoms with Crippen molar-refractivity contribution in [2.45, 2.75) is 44.9 Å². The fraction of sp³-hybridized carbons (Fsp3) is 0.682. The number of hydrogen-bond acceptors (Lipinski definition) is 4. The van der Waals surface area contributed by atoms with E-state index in [0.29, 0.717) is 25.4 Å². The maximum atomic E-state index is 12.6. The molecule has 29 heavy (non-hydrogen) atoms. The number of hydrogen-bond donors (Lipinski definition) is 1. The van der Waals surface area contributed by atoms with Gasteiger partial charge >= 0.3 is 0 Å². The van der Waals surface area contributed by atoms with Crippen molar-refractivity contribution in [3.63, 3.8) is 0 Å². The summed E-state index contributed by atoms with van der Waals surface area (Å²) >= 11 is 0. The van der Waals surface area contributed by atoms with Crippen molar-refractivity contribution < 1.29 is 13.2 Å². The molecule has 2 aliphatic rings. The van der Waals surface area contributed by atoms with Gasteiger partial charge in [-0.05, 0) is 24.3 Å². The van der Waals surface area contributed by atoms with Gasteiger partial charge in [-0.15, -0.1) is 0 Å². The highest BCUT2D eigenvalue weighted by Gasteiger charge is 2.26. The fourth-order valence-corrected chi connectivity index (χ4v) is 5.67. The summed E-state index contributed by atoms with van der Waals surface area (Å²) in [5.74, 6) is 0.659. The van der Waals surface area contributed by atoms with Crippen LogP contribution in [-0.4, -0.2) is 68.6 Å². The van der Waals surface area contributed by atoms with Gasteiger partial charge in [-0.3, -0.25) is 4.79 Å². The third-order valence-corrected chi connectivity index (χ3v) is 8.09. The van der Waals surface area contributed by atoms with Gasteiger partial charge in [0.15, 0.2) is 0 Å². The molecule has 1 N–H and O–H groups in total. The van der Waals surface area contributed by atoms with Crippen molar-refractivity contribution in [3.05, 3.63) is 35.9 Å². The molecule has 2 fully saturated rings. The Morgan fingerprint density at radius 2 is 1.72 bits per heavy atom. The summed E-state index contributed by atoms with van der Waals surface area (Å²) in [5.41, 5.74) is 1.31. The van der Waals surface area contributed by atoms with Gasteiger partial charge in [0.1, 0.15) is 0 Å². The predicted octanol–water partition coefficient (Wildman–Crippen LogP) is 2.26. The first-order valence-electron chi connectivity index (χ1n) is 11.0. The molecule has 0 unspecified atom stereocenters. The zero-order chi connectivity index (χ0) is 20.5.